The van der Waals surface area contributed by atoms with Crippen molar-refractivity contribution in [3.8, 4) is 28.8 Å². The summed E-state index contributed by atoms with van der Waals surface area (Å²) >= 11 is 0. The van der Waals surface area contributed by atoms with E-state index in [0.29, 0.717) is 28.6 Å². The van der Waals surface area contributed by atoms with Gasteiger partial charge in [0.15, 0.2) is 5.82 Å². The van der Waals surface area contributed by atoms with E-state index in [9.17, 15) is 5.26 Å². The molecular formula is C23H18N4O2. The fourth-order valence-electron chi connectivity index (χ4n) is 3.04. The third-order valence-electron chi connectivity index (χ3n) is 4.45. The van der Waals surface area contributed by atoms with Crippen LogP contribution < -0.4 is 14.8 Å². The largest absolute Gasteiger partial charge is 0.497 e. The molecule has 1 N–H and O–H groups in total. The third kappa shape index (κ3) is 3.80. The summed E-state index contributed by atoms with van der Waals surface area (Å²) in [4.78, 5) is 9.58. The smallest absolute Gasteiger partial charge is 0.157 e. The maximum Gasteiger partial charge on any atom is 0.157 e. The second-order valence-electron chi connectivity index (χ2n) is 6.33. The summed E-state index contributed by atoms with van der Waals surface area (Å²) in [5.41, 5.74) is 4.32. The van der Waals surface area contributed by atoms with E-state index >= 15 is 0 Å². The van der Waals surface area contributed by atoms with Gasteiger partial charge in [0.1, 0.15) is 17.2 Å². The van der Waals surface area contributed by atoms with Crippen LogP contribution in [0.3, 0.4) is 0 Å². The van der Waals surface area contributed by atoms with Gasteiger partial charge >= 0.3 is 0 Å². The summed E-state index contributed by atoms with van der Waals surface area (Å²) in [5.74, 6) is 1.90. The lowest BCUT2D eigenvalue weighted by Gasteiger charge is -2.14. The zero-order valence-electron chi connectivity index (χ0n) is 16.0. The lowest BCUT2D eigenvalue weighted by molar-refractivity contribution is 0.395. The molecule has 1 aromatic heterocycles. The first-order chi connectivity index (χ1) is 14.2. The van der Waals surface area contributed by atoms with Crippen molar-refractivity contribution in [3.63, 3.8) is 0 Å². The molecule has 142 valence electrons. The average molecular weight is 382 g/mol. The molecule has 0 saturated carbocycles. The minimum absolute atomic E-state index is 0.562. The molecule has 0 unspecified atom stereocenters. The number of para-hydroxylation sites is 2. The summed E-state index contributed by atoms with van der Waals surface area (Å²) in [6, 6.07) is 22.7. The van der Waals surface area contributed by atoms with Crippen LogP contribution in [0.4, 0.5) is 11.5 Å². The number of methoxy groups -OCH3 is 2. The standard InChI is InChI=1S/C23H18N4O2/c1-28-18-11-17(12-19(13-18)29-2)25-23-22(16-7-5-6-15(10-16)14-24)26-20-8-3-4-9-21(20)27-23/h3-13H,1-2H3,(H,25,27). The normalized spacial score (nSPS) is 10.4. The van der Waals surface area contributed by atoms with E-state index in [4.69, 9.17) is 19.4 Å². The molecule has 0 radical (unpaired) electrons. The number of nitrogens with zero attached hydrogens (tertiary/aromatic N) is 3. The Hall–Kier alpha value is -4.11. The van der Waals surface area contributed by atoms with E-state index in [1.165, 1.54) is 0 Å². The van der Waals surface area contributed by atoms with Crippen molar-refractivity contribution in [3.05, 3.63) is 72.3 Å². The summed E-state index contributed by atoms with van der Waals surface area (Å²) < 4.78 is 10.7. The van der Waals surface area contributed by atoms with Crippen LogP contribution in [0.25, 0.3) is 22.3 Å². The number of ether oxygens (including phenoxy) is 2. The van der Waals surface area contributed by atoms with Gasteiger partial charge < -0.3 is 14.8 Å². The fourth-order valence-corrected chi connectivity index (χ4v) is 3.04. The summed E-state index contributed by atoms with van der Waals surface area (Å²) in [5, 5.41) is 12.6. The Morgan fingerprint density at radius 1 is 0.828 bits per heavy atom. The molecule has 3 aromatic carbocycles. The highest BCUT2D eigenvalue weighted by Gasteiger charge is 2.13. The molecule has 0 amide bonds. The molecule has 0 aliphatic rings. The van der Waals surface area contributed by atoms with Crippen molar-refractivity contribution in [1.29, 1.82) is 5.26 Å². The Labute approximate surface area is 168 Å². The molecule has 0 saturated heterocycles. The quantitative estimate of drug-likeness (QED) is 0.527. The second-order valence-corrected chi connectivity index (χ2v) is 6.33. The molecule has 4 rings (SSSR count). The predicted molar refractivity (Wildman–Crippen MR) is 113 cm³/mol. The number of rotatable bonds is 5. The number of aromatic nitrogens is 2. The lowest BCUT2D eigenvalue weighted by Crippen LogP contribution is -2.01. The van der Waals surface area contributed by atoms with Gasteiger partial charge in [-0.15, -0.1) is 0 Å². The van der Waals surface area contributed by atoms with Gasteiger partial charge in [-0.3, -0.25) is 0 Å². The number of benzene rings is 3. The highest BCUT2D eigenvalue weighted by Crippen LogP contribution is 2.32. The monoisotopic (exact) mass is 382 g/mol. The molecule has 0 aliphatic carbocycles. The van der Waals surface area contributed by atoms with Crippen LogP contribution in [0.2, 0.25) is 0 Å². The Morgan fingerprint density at radius 2 is 1.52 bits per heavy atom. The van der Waals surface area contributed by atoms with Crippen molar-refractivity contribution in [1.82, 2.24) is 9.97 Å². The van der Waals surface area contributed by atoms with E-state index in [0.717, 1.165) is 22.3 Å². The summed E-state index contributed by atoms with van der Waals surface area (Å²) in [7, 11) is 3.21. The number of fused-ring (bicyclic) bond motifs is 1. The topological polar surface area (TPSA) is 80.1 Å². The number of nitrogens with one attached hydrogen (secondary N) is 1. The van der Waals surface area contributed by atoms with E-state index in [1.54, 1.807) is 32.4 Å². The van der Waals surface area contributed by atoms with Crippen molar-refractivity contribution < 1.29 is 9.47 Å². The number of hydrogen-bond acceptors (Lipinski definition) is 6. The van der Waals surface area contributed by atoms with Crippen molar-refractivity contribution in [2.75, 3.05) is 19.5 Å². The zero-order chi connectivity index (χ0) is 20.2. The molecule has 1 heterocycles. The van der Waals surface area contributed by atoms with E-state index in [-0.39, 0.29) is 0 Å². The molecule has 0 atom stereocenters. The van der Waals surface area contributed by atoms with Crippen molar-refractivity contribution in [2.45, 2.75) is 0 Å². The van der Waals surface area contributed by atoms with Gasteiger partial charge in [-0.2, -0.15) is 5.26 Å². The van der Waals surface area contributed by atoms with Crippen LogP contribution >= 0.6 is 0 Å². The highest BCUT2D eigenvalue weighted by molar-refractivity contribution is 5.85. The lowest BCUT2D eigenvalue weighted by atomic mass is 10.1. The SMILES string of the molecule is COc1cc(Nc2nc3ccccc3nc2-c2cccc(C#N)c2)cc(OC)c1. The summed E-state index contributed by atoms with van der Waals surface area (Å²) in [6.07, 6.45) is 0. The van der Waals surface area contributed by atoms with Gasteiger partial charge in [0.2, 0.25) is 0 Å². The van der Waals surface area contributed by atoms with Crippen LogP contribution in [0.5, 0.6) is 11.5 Å². The van der Waals surface area contributed by atoms with Crippen LogP contribution in [0, 0.1) is 11.3 Å². The van der Waals surface area contributed by atoms with Gasteiger partial charge in [0, 0.05) is 29.4 Å². The second kappa shape index (κ2) is 7.87. The van der Waals surface area contributed by atoms with Gasteiger partial charge in [0.05, 0.1) is 36.9 Å². The molecule has 0 fully saturated rings. The van der Waals surface area contributed by atoms with E-state index in [1.807, 2.05) is 48.5 Å². The highest BCUT2D eigenvalue weighted by atomic mass is 16.5. The van der Waals surface area contributed by atoms with Crippen LogP contribution in [-0.4, -0.2) is 24.2 Å². The van der Waals surface area contributed by atoms with Gasteiger partial charge in [-0.1, -0.05) is 24.3 Å². The first kappa shape index (κ1) is 18.3. The maximum atomic E-state index is 9.27. The average Bonchev–Trinajstić information content (AvgIpc) is 2.78. The first-order valence-corrected chi connectivity index (χ1v) is 8.97. The fraction of sp³-hybridized carbons (Fsp3) is 0.0870. The number of anilines is 2. The van der Waals surface area contributed by atoms with Gasteiger partial charge in [-0.05, 0) is 24.3 Å². The number of nitriles is 1. The van der Waals surface area contributed by atoms with Crippen LogP contribution in [0.15, 0.2) is 66.7 Å². The summed E-state index contributed by atoms with van der Waals surface area (Å²) in [6.45, 7) is 0. The molecule has 6 heteroatoms. The van der Waals surface area contributed by atoms with E-state index in [2.05, 4.69) is 11.4 Å². The first-order valence-electron chi connectivity index (χ1n) is 8.97. The Balaban J connectivity index is 1.87. The zero-order valence-corrected chi connectivity index (χ0v) is 16.0. The minimum Gasteiger partial charge on any atom is -0.497 e. The van der Waals surface area contributed by atoms with Gasteiger partial charge in [-0.25, -0.2) is 9.97 Å². The number of hydrogen-bond donors (Lipinski definition) is 1. The van der Waals surface area contributed by atoms with Crippen LogP contribution in [0.1, 0.15) is 5.56 Å². The van der Waals surface area contributed by atoms with Gasteiger partial charge in [0.25, 0.3) is 0 Å². The molecule has 6 nitrogen and oxygen atoms in total. The molecule has 0 aliphatic heterocycles. The van der Waals surface area contributed by atoms with E-state index < -0.39 is 0 Å². The third-order valence-corrected chi connectivity index (χ3v) is 4.45. The van der Waals surface area contributed by atoms with Crippen molar-refractivity contribution >= 4 is 22.5 Å². The van der Waals surface area contributed by atoms with Crippen molar-refractivity contribution in [2.24, 2.45) is 0 Å². The Bertz CT molecular complexity index is 1210. The molecule has 29 heavy (non-hydrogen) atoms. The Morgan fingerprint density at radius 3 is 2.17 bits per heavy atom. The maximum absolute atomic E-state index is 9.27. The minimum atomic E-state index is 0.562. The molecule has 0 bridgehead atoms. The molecule has 0 spiro atoms. The predicted octanol–water partition coefficient (Wildman–Crippen LogP) is 4.93. The Kier molecular flexibility index (Phi) is 4.95. The van der Waals surface area contributed by atoms with Crippen LogP contribution in [-0.2, 0) is 0 Å². The molecule has 4 aromatic rings. The molecular weight excluding hydrogens is 364 g/mol.